The Morgan fingerprint density at radius 2 is 1.71 bits per heavy atom. The molecule has 0 amide bonds. The zero-order valence-corrected chi connectivity index (χ0v) is 10.8. The van der Waals surface area contributed by atoms with Gasteiger partial charge in [-0.25, -0.2) is 18.6 Å². The van der Waals surface area contributed by atoms with Crippen molar-refractivity contribution in [1.29, 1.82) is 0 Å². The Morgan fingerprint density at radius 1 is 1.29 bits per heavy atom. The molecule has 1 heterocycles. The van der Waals surface area contributed by atoms with Gasteiger partial charge in [-0.1, -0.05) is 6.58 Å². The van der Waals surface area contributed by atoms with E-state index in [4.69, 9.17) is 18.6 Å². The van der Waals surface area contributed by atoms with Crippen molar-refractivity contribution >= 4 is 5.70 Å². The van der Waals surface area contributed by atoms with Gasteiger partial charge in [0.2, 0.25) is 0 Å². The lowest BCUT2D eigenvalue weighted by Gasteiger charge is -2.17. The van der Waals surface area contributed by atoms with Crippen LogP contribution in [-0.4, -0.2) is 15.1 Å². The third-order valence-corrected chi connectivity index (χ3v) is 1.48. The molecule has 1 aromatic rings. The van der Waals surface area contributed by atoms with Gasteiger partial charge in [-0.2, -0.15) is 0 Å². The van der Waals surface area contributed by atoms with E-state index in [1.807, 2.05) is 11.6 Å². The van der Waals surface area contributed by atoms with Crippen LogP contribution in [0.15, 0.2) is 12.9 Å². The lowest BCUT2D eigenvalue weighted by atomic mass is 10.1. The summed E-state index contributed by atoms with van der Waals surface area (Å²) in [6.45, 7) is 11.8. The summed E-state index contributed by atoms with van der Waals surface area (Å²) < 4.78 is 35.8. The van der Waals surface area contributed by atoms with Gasteiger partial charge in [0.1, 0.15) is 11.2 Å². The Bertz CT molecular complexity index is 374. The van der Waals surface area contributed by atoms with E-state index in [2.05, 4.69) is 37.7 Å². The molecule has 9 heteroatoms. The maximum Gasteiger partial charge on any atom is 0.287 e. The fourth-order valence-corrected chi connectivity index (χ4v) is 0.718. The lowest BCUT2D eigenvalue weighted by molar-refractivity contribution is -2.00. The van der Waals surface area contributed by atoms with Crippen molar-refractivity contribution in [2.75, 3.05) is 0 Å². The first kappa shape index (κ1) is 15.9. The molecule has 0 unspecified atom stereocenters. The van der Waals surface area contributed by atoms with Crippen LogP contribution >= 0.6 is 0 Å². The highest BCUT2D eigenvalue weighted by atomic mass is 35.7. The molecule has 0 aliphatic heterocycles. The molecule has 1 aromatic heterocycles. The van der Waals surface area contributed by atoms with Gasteiger partial charge >= 0.3 is 0 Å². The summed E-state index contributed by atoms with van der Waals surface area (Å²) in [5.41, 5.74) is 0.797. The van der Waals surface area contributed by atoms with E-state index in [1.54, 1.807) is 6.33 Å². The minimum atomic E-state index is -4.94. The molecule has 0 N–H and O–H groups in total. The number of tetrazole rings is 1. The van der Waals surface area contributed by atoms with E-state index in [9.17, 15) is 0 Å². The fraction of sp³-hybridized carbons (Fsp3) is 0.625. The van der Waals surface area contributed by atoms with E-state index in [0.29, 0.717) is 0 Å². The van der Waals surface area contributed by atoms with Crippen LogP contribution in [0.3, 0.4) is 0 Å². The normalized spacial score (nSPS) is 11.8. The molecule has 0 radical (unpaired) electrons. The van der Waals surface area contributed by atoms with Crippen molar-refractivity contribution in [3.8, 4) is 0 Å². The lowest BCUT2D eigenvalue weighted by Crippen LogP contribution is -2.68. The summed E-state index contributed by atoms with van der Waals surface area (Å²) in [5, 5.41) is 8.25. The molecule has 0 saturated heterocycles. The third kappa shape index (κ3) is 7.77. The predicted octanol–water partition coefficient (Wildman–Crippen LogP) is -3.94. The summed E-state index contributed by atoms with van der Waals surface area (Å²) >= 11 is 0. The maximum atomic E-state index is 8.49. The van der Waals surface area contributed by atoms with E-state index >= 15 is 0 Å². The van der Waals surface area contributed by atoms with Gasteiger partial charge in [-0.3, -0.25) is 0 Å². The van der Waals surface area contributed by atoms with Crippen LogP contribution in [0.1, 0.15) is 27.7 Å². The van der Waals surface area contributed by atoms with Gasteiger partial charge in [0.15, 0.2) is 0 Å². The Balaban J connectivity index is 0.000000437. The van der Waals surface area contributed by atoms with E-state index < -0.39 is 10.2 Å². The molecular weight excluding hydrogens is 252 g/mol. The topological polar surface area (TPSA) is 127 Å². The molecule has 8 nitrogen and oxygen atoms in total. The summed E-state index contributed by atoms with van der Waals surface area (Å²) in [5.74, 6) is 0. The van der Waals surface area contributed by atoms with Gasteiger partial charge in [-0.15, -0.1) is 14.9 Å². The molecule has 0 fully saturated rings. The zero-order chi connectivity index (χ0) is 13.9. The highest BCUT2D eigenvalue weighted by Gasteiger charge is 2.21. The molecular formula is C8H15ClN4O4. The second-order valence-electron chi connectivity index (χ2n) is 4.24. The molecule has 0 saturated carbocycles. The minimum absolute atomic E-state index is 0.0201. The number of rotatable bonds is 1. The average molecular weight is 267 g/mol. The highest BCUT2D eigenvalue weighted by molar-refractivity contribution is 5.32. The van der Waals surface area contributed by atoms with Crippen molar-refractivity contribution < 1.29 is 33.6 Å². The van der Waals surface area contributed by atoms with Gasteiger partial charge in [0.05, 0.1) is 10.3 Å². The molecule has 0 aliphatic rings. The van der Waals surface area contributed by atoms with Crippen LogP contribution in [0.5, 0.6) is 0 Å². The number of hydrogen-bond acceptors (Lipinski definition) is 6. The molecule has 0 bridgehead atoms. The third-order valence-electron chi connectivity index (χ3n) is 1.48. The first-order valence-corrected chi connectivity index (χ1v) is 5.77. The summed E-state index contributed by atoms with van der Waals surface area (Å²) in [4.78, 5) is 1.52. The van der Waals surface area contributed by atoms with E-state index in [0.717, 1.165) is 5.70 Å². The standard InChI is InChI=1S/C8H15N4.ClHO4/c1-7(2)12-9-6-11(10-12)8(3,4)5;2-1(3,4)5/h6H,1H2,2-5H3;(H,2,3,4,5)/q+1;/p-1. The van der Waals surface area contributed by atoms with Crippen molar-refractivity contribution in [1.82, 2.24) is 15.1 Å². The van der Waals surface area contributed by atoms with Crippen LogP contribution in [0.4, 0.5) is 0 Å². The van der Waals surface area contributed by atoms with Crippen molar-refractivity contribution in [2.45, 2.75) is 33.2 Å². The highest BCUT2D eigenvalue weighted by Crippen LogP contribution is 2.01. The second-order valence-corrected chi connectivity index (χ2v) is 4.99. The molecule has 98 valence electrons. The largest absolute Gasteiger partial charge is 0.287 e. The molecule has 0 atom stereocenters. The molecule has 0 aliphatic carbocycles. The van der Waals surface area contributed by atoms with Crippen LogP contribution in [-0.2, 0) is 5.54 Å². The van der Waals surface area contributed by atoms with E-state index in [1.165, 1.54) is 4.80 Å². The molecule has 0 aromatic carbocycles. The van der Waals surface area contributed by atoms with Crippen LogP contribution < -0.4 is 23.3 Å². The maximum absolute atomic E-state index is 8.49. The monoisotopic (exact) mass is 266 g/mol. The van der Waals surface area contributed by atoms with Crippen molar-refractivity contribution in [3.05, 3.63) is 12.9 Å². The quantitative estimate of drug-likeness (QED) is 0.478. The summed E-state index contributed by atoms with van der Waals surface area (Å²) in [7, 11) is -4.94. The Hall–Kier alpha value is -1.06. The first-order valence-electron chi connectivity index (χ1n) is 4.53. The van der Waals surface area contributed by atoms with Gasteiger partial charge < -0.3 is 0 Å². The molecule has 17 heavy (non-hydrogen) atoms. The van der Waals surface area contributed by atoms with Gasteiger partial charge in [-0.05, 0) is 27.7 Å². The SMILES string of the molecule is C=C(C)n1nc[n+](C(C)(C)C)n1.[O-][Cl+3]([O-])([O-])[O-]. The minimum Gasteiger partial charge on any atom is -0.222 e. The zero-order valence-electron chi connectivity index (χ0n) is 10.1. The van der Waals surface area contributed by atoms with Crippen LogP contribution in [0.2, 0.25) is 0 Å². The number of nitrogens with zero attached hydrogens (tertiary/aromatic N) is 4. The van der Waals surface area contributed by atoms with E-state index in [-0.39, 0.29) is 5.54 Å². The second kappa shape index (κ2) is 5.52. The Kier molecular flexibility index (Phi) is 5.17. The molecule has 1 rings (SSSR count). The smallest absolute Gasteiger partial charge is 0.222 e. The summed E-state index contributed by atoms with van der Waals surface area (Å²) in [6.07, 6.45) is 1.70. The van der Waals surface area contributed by atoms with Gasteiger partial charge in [0.25, 0.3) is 6.33 Å². The number of hydrogen-bond donors (Lipinski definition) is 0. The number of aromatic nitrogens is 4. The average Bonchev–Trinajstić information content (AvgIpc) is 2.45. The first-order chi connectivity index (χ1) is 7.41. The predicted molar refractivity (Wildman–Crippen MR) is 46.2 cm³/mol. The fourth-order valence-electron chi connectivity index (χ4n) is 0.718. The summed E-state index contributed by atoms with van der Waals surface area (Å²) in [6, 6.07) is 0. The van der Waals surface area contributed by atoms with Crippen molar-refractivity contribution in [2.24, 2.45) is 0 Å². The van der Waals surface area contributed by atoms with Gasteiger partial charge in [0, 0.05) is 4.80 Å². The number of allylic oxidation sites excluding steroid dienone is 1. The van der Waals surface area contributed by atoms with Crippen LogP contribution in [0.25, 0.3) is 5.70 Å². The Labute approximate surface area is 101 Å². The van der Waals surface area contributed by atoms with Crippen LogP contribution in [0, 0.1) is 10.2 Å². The van der Waals surface area contributed by atoms with Crippen molar-refractivity contribution in [3.63, 3.8) is 0 Å². The molecule has 0 spiro atoms. The number of halogens is 1. The Morgan fingerprint density at radius 3 is 1.88 bits per heavy atom.